The zero-order valence-corrected chi connectivity index (χ0v) is 19.9. The standard InChI is InChI=1S/C28H27FN2O4/c1-17(2)35-23-9-6-21(16-18(23)3)26(32)24-25(20-10-13-30-14-11-20)31(28(34)27(24)33)15-12-19-4-7-22(29)8-5-19/h4-11,13-14,16-17,25,32H,12,15H2,1-3H3/b26-24-. The number of halogens is 1. The van der Waals surface area contributed by atoms with Gasteiger partial charge in [-0.3, -0.25) is 14.6 Å². The summed E-state index contributed by atoms with van der Waals surface area (Å²) in [6.45, 7) is 5.93. The van der Waals surface area contributed by atoms with E-state index in [-0.39, 0.29) is 29.8 Å². The van der Waals surface area contributed by atoms with Crippen LogP contribution in [0.3, 0.4) is 0 Å². The molecule has 1 unspecified atom stereocenters. The summed E-state index contributed by atoms with van der Waals surface area (Å²) in [6, 6.07) is 13.9. The number of aryl methyl sites for hydroxylation is 1. The topological polar surface area (TPSA) is 79.7 Å². The van der Waals surface area contributed by atoms with Crippen molar-refractivity contribution >= 4 is 17.4 Å². The Labute approximate surface area is 203 Å². The highest BCUT2D eigenvalue weighted by Gasteiger charge is 2.45. The van der Waals surface area contributed by atoms with Crippen LogP contribution in [0, 0.1) is 12.7 Å². The van der Waals surface area contributed by atoms with Crippen LogP contribution in [0.15, 0.2) is 72.6 Å². The van der Waals surface area contributed by atoms with Crippen molar-refractivity contribution in [2.45, 2.75) is 39.3 Å². The summed E-state index contributed by atoms with van der Waals surface area (Å²) in [5, 5.41) is 11.3. The van der Waals surface area contributed by atoms with Crippen molar-refractivity contribution in [2.24, 2.45) is 0 Å². The van der Waals surface area contributed by atoms with Crippen molar-refractivity contribution in [3.05, 3.63) is 101 Å². The van der Waals surface area contributed by atoms with Gasteiger partial charge in [-0.2, -0.15) is 0 Å². The van der Waals surface area contributed by atoms with E-state index in [1.807, 2.05) is 20.8 Å². The molecule has 6 nitrogen and oxygen atoms in total. The first-order valence-electron chi connectivity index (χ1n) is 11.5. The van der Waals surface area contributed by atoms with Crippen molar-refractivity contribution < 1.29 is 23.8 Å². The van der Waals surface area contributed by atoms with E-state index in [1.165, 1.54) is 17.0 Å². The van der Waals surface area contributed by atoms with Crippen LogP contribution in [0.2, 0.25) is 0 Å². The molecule has 1 N–H and O–H groups in total. The van der Waals surface area contributed by atoms with E-state index >= 15 is 0 Å². The maximum absolute atomic E-state index is 13.3. The Kier molecular flexibility index (Phi) is 6.96. The molecule has 4 rings (SSSR count). The van der Waals surface area contributed by atoms with Gasteiger partial charge in [-0.05, 0) is 86.3 Å². The fraction of sp³-hybridized carbons (Fsp3) is 0.250. The lowest BCUT2D eigenvalue weighted by Crippen LogP contribution is -2.31. The summed E-state index contributed by atoms with van der Waals surface area (Å²) < 4.78 is 19.1. The number of ether oxygens (including phenoxy) is 1. The van der Waals surface area contributed by atoms with Gasteiger partial charge in [0, 0.05) is 24.5 Å². The first-order chi connectivity index (χ1) is 16.8. The summed E-state index contributed by atoms with van der Waals surface area (Å²) in [5.74, 6) is -1.34. The van der Waals surface area contributed by atoms with Crippen molar-refractivity contribution in [1.29, 1.82) is 0 Å². The number of aliphatic hydroxyl groups excluding tert-OH is 1. The number of hydrogen-bond donors (Lipinski definition) is 1. The Morgan fingerprint density at radius 1 is 1.09 bits per heavy atom. The summed E-state index contributed by atoms with van der Waals surface area (Å²) in [5.41, 5.74) is 2.75. The average Bonchev–Trinajstić information content (AvgIpc) is 3.09. The molecule has 0 bridgehead atoms. The molecule has 0 spiro atoms. The maximum Gasteiger partial charge on any atom is 0.295 e. The number of rotatable bonds is 7. The molecule has 35 heavy (non-hydrogen) atoms. The van der Waals surface area contributed by atoms with Gasteiger partial charge in [-0.1, -0.05) is 12.1 Å². The third kappa shape index (κ3) is 5.09. The quantitative estimate of drug-likeness (QED) is 0.297. The van der Waals surface area contributed by atoms with Gasteiger partial charge in [0.15, 0.2) is 0 Å². The normalized spacial score (nSPS) is 17.3. The summed E-state index contributed by atoms with van der Waals surface area (Å²) in [6.07, 6.45) is 3.58. The van der Waals surface area contributed by atoms with Gasteiger partial charge in [0.1, 0.15) is 17.3 Å². The summed E-state index contributed by atoms with van der Waals surface area (Å²) in [4.78, 5) is 31.7. The zero-order valence-electron chi connectivity index (χ0n) is 19.9. The van der Waals surface area contributed by atoms with Gasteiger partial charge in [-0.25, -0.2) is 4.39 Å². The van der Waals surface area contributed by atoms with Gasteiger partial charge >= 0.3 is 0 Å². The minimum absolute atomic E-state index is 0.00808. The van der Waals surface area contributed by atoms with Gasteiger partial charge < -0.3 is 14.7 Å². The number of hydrogen-bond acceptors (Lipinski definition) is 5. The van der Waals surface area contributed by atoms with Crippen LogP contribution in [-0.2, 0) is 16.0 Å². The number of carbonyl (C=O) groups is 2. The van der Waals surface area contributed by atoms with Crippen LogP contribution in [0.25, 0.3) is 5.76 Å². The van der Waals surface area contributed by atoms with E-state index in [4.69, 9.17) is 4.74 Å². The lowest BCUT2D eigenvalue weighted by atomic mass is 9.95. The van der Waals surface area contributed by atoms with E-state index in [1.54, 1.807) is 54.9 Å². The fourth-order valence-corrected chi connectivity index (χ4v) is 4.24. The molecule has 2 aromatic carbocycles. The number of Topliss-reactive ketones (excluding diaryl/α,β-unsaturated/α-hetero) is 1. The monoisotopic (exact) mass is 474 g/mol. The zero-order chi connectivity index (χ0) is 25.1. The number of ketones is 1. The highest BCUT2D eigenvalue weighted by Crippen LogP contribution is 2.39. The lowest BCUT2D eigenvalue weighted by molar-refractivity contribution is -0.139. The Hall–Kier alpha value is -4.00. The van der Waals surface area contributed by atoms with Crippen LogP contribution in [0.4, 0.5) is 4.39 Å². The number of nitrogens with zero attached hydrogens (tertiary/aromatic N) is 2. The molecule has 7 heteroatoms. The number of carbonyl (C=O) groups excluding carboxylic acids is 2. The van der Waals surface area contributed by atoms with Crippen LogP contribution < -0.4 is 4.74 Å². The van der Waals surface area contributed by atoms with Crippen molar-refractivity contribution in [3.8, 4) is 5.75 Å². The molecule has 0 aliphatic carbocycles. The molecule has 1 fully saturated rings. The minimum atomic E-state index is -0.773. The molecular formula is C28H27FN2O4. The third-order valence-corrected chi connectivity index (χ3v) is 5.93. The van der Waals surface area contributed by atoms with Crippen molar-refractivity contribution in [1.82, 2.24) is 9.88 Å². The molecule has 1 aliphatic heterocycles. The second kappa shape index (κ2) is 10.1. The van der Waals surface area contributed by atoms with Crippen LogP contribution in [0.5, 0.6) is 5.75 Å². The maximum atomic E-state index is 13.3. The predicted octanol–water partition coefficient (Wildman–Crippen LogP) is 4.98. The summed E-state index contributed by atoms with van der Waals surface area (Å²) >= 11 is 0. The second-order valence-corrected chi connectivity index (χ2v) is 8.80. The Bertz CT molecular complexity index is 1270. The predicted molar refractivity (Wildman–Crippen MR) is 130 cm³/mol. The first kappa shape index (κ1) is 24.1. The molecule has 1 aromatic heterocycles. The molecule has 1 aliphatic rings. The van der Waals surface area contributed by atoms with E-state index < -0.39 is 17.7 Å². The largest absolute Gasteiger partial charge is 0.507 e. The molecule has 1 saturated heterocycles. The second-order valence-electron chi connectivity index (χ2n) is 8.80. The van der Waals surface area contributed by atoms with E-state index in [2.05, 4.69) is 4.98 Å². The Morgan fingerprint density at radius 2 is 1.77 bits per heavy atom. The Balaban J connectivity index is 1.74. The van der Waals surface area contributed by atoms with Crippen molar-refractivity contribution in [3.63, 3.8) is 0 Å². The molecule has 180 valence electrons. The smallest absolute Gasteiger partial charge is 0.295 e. The highest BCUT2D eigenvalue weighted by atomic mass is 19.1. The Morgan fingerprint density at radius 3 is 2.40 bits per heavy atom. The number of amides is 1. The van der Waals surface area contributed by atoms with Crippen molar-refractivity contribution in [2.75, 3.05) is 6.54 Å². The number of pyridine rings is 1. The highest BCUT2D eigenvalue weighted by molar-refractivity contribution is 6.46. The van der Waals surface area contributed by atoms with Crippen LogP contribution in [0.1, 0.15) is 42.1 Å². The van der Waals surface area contributed by atoms with Gasteiger partial charge in [-0.15, -0.1) is 0 Å². The number of aliphatic hydroxyl groups is 1. The number of aromatic nitrogens is 1. The SMILES string of the molecule is Cc1cc(/C(O)=C2/C(=O)C(=O)N(CCc3ccc(F)cc3)C2c2ccncc2)ccc1OC(C)C. The number of likely N-dealkylation sites (tertiary alicyclic amines) is 1. The van der Waals surface area contributed by atoms with Gasteiger partial charge in [0.05, 0.1) is 17.7 Å². The van der Waals surface area contributed by atoms with E-state index in [0.717, 1.165) is 11.1 Å². The minimum Gasteiger partial charge on any atom is -0.507 e. The lowest BCUT2D eigenvalue weighted by Gasteiger charge is -2.25. The van der Waals surface area contributed by atoms with Crippen LogP contribution in [-0.4, -0.2) is 39.3 Å². The third-order valence-electron chi connectivity index (χ3n) is 5.93. The molecular weight excluding hydrogens is 447 g/mol. The fourth-order valence-electron chi connectivity index (χ4n) is 4.24. The summed E-state index contributed by atoms with van der Waals surface area (Å²) in [7, 11) is 0. The molecule has 1 atom stereocenters. The molecule has 1 amide bonds. The molecule has 0 radical (unpaired) electrons. The van der Waals surface area contributed by atoms with E-state index in [9.17, 15) is 19.1 Å². The van der Waals surface area contributed by atoms with Crippen LogP contribution >= 0.6 is 0 Å². The van der Waals surface area contributed by atoms with E-state index in [0.29, 0.717) is 23.3 Å². The molecule has 0 saturated carbocycles. The average molecular weight is 475 g/mol. The molecule has 3 aromatic rings. The molecule has 2 heterocycles. The number of benzene rings is 2. The first-order valence-corrected chi connectivity index (χ1v) is 11.5. The van der Waals surface area contributed by atoms with Gasteiger partial charge in [0.2, 0.25) is 0 Å². The van der Waals surface area contributed by atoms with Gasteiger partial charge in [0.25, 0.3) is 11.7 Å².